The molecule has 0 saturated heterocycles. The number of ether oxygens (including phenoxy) is 1. The zero-order valence-corrected chi connectivity index (χ0v) is 21.4. The van der Waals surface area contributed by atoms with Gasteiger partial charge in [0, 0.05) is 12.3 Å². The van der Waals surface area contributed by atoms with Crippen LogP contribution < -0.4 is 0 Å². The number of hydrogen-bond acceptors (Lipinski definition) is 6. The Balaban J connectivity index is 3.59. The molecule has 0 aromatic rings. The largest absolute Gasteiger partial charge is 0.442 e. The van der Waals surface area contributed by atoms with Gasteiger partial charge in [-0.15, -0.1) is 0 Å². The summed E-state index contributed by atoms with van der Waals surface area (Å²) in [5.74, 6) is -5.98. The van der Waals surface area contributed by atoms with Crippen LogP contribution in [0, 0.1) is 35.0 Å². The van der Waals surface area contributed by atoms with Gasteiger partial charge in [0.25, 0.3) is 0 Å². The van der Waals surface area contributed by atoms with Crippen molar-refractivity contribution in [3.63, 3.8) is 0 Å². The van der Waals surface area contributed by atoms with Crippen molar-refractivity contribution < 1.29 is 28.7 Å². The summed E-state index contributed by atoms with van der Waals surface area (Å²) < 4.78 is 5.75. The van der Waals surface area contributed by atoms with Crippen molar-refractivity contribution in [2.45, 2.75) is 100 Å². The quantitative estimate of drug-likeness (QED) is 0.333. The monoisotopic (exact) mass is 450 g/mol. The third kappa shape index (κ3) is 6.58. The molecule has 6 nitrogen and oxygen atoms in total. The highest BCUT2D eigenvalue weighted by molar-refractivity contribution is 6.34. The van der Waals surface area contributed by atoms with E-state index >= 15 is 0 Å². The molecule has 6 heteroatoms. The summed E-state index contributed by atoms with van der Waals surface area (Å²) in [6, 6.07) is 0. The van der Waals surface area contributed by atoms with Gasteiger partial charge in [-0.1, -0.05) is 68.7 Å². The molecule has 32 heavy (non-hydrogen) atoms. The van der Waals surface area contributed by atoms with E-state index in [0.717, 1.165) is 0 Å². The molecule has 0 spiro atoms. The molecular weight excluding hydrogens is 408 g/mol. The Morgan fingerprint density at radius 1 is 0.938 bits per heavy atom. The summed E-state index contributed by atoms with van der Waals surface area (Å²) in [5.41, 5.74) is -2.62. The summed E-state index contributed by atoms with van der Waals surface area (Å²) in [6.07, 6.45) is 1.30. The topological polar surface area (TPSA) is 94.6 Å². The number of carbonyl (C=O) groups excluding carboxylic acids is 5. The van der Waals surface area contributed by atoms with E-state index in [0.29, 0.717) is 12.8 Å². The van der Waals surface area contributed by atoms with E-state index in [1.165, 1.54) is 0 Å². The molecule has 182 valence electrons. The molecule has 3 atom stereocenters. The van der Waals surface area contributed by atoms with Crippen LogP contribution in [0.1, 0.15) is 94.4 Å². The van der Waals surface area contributed by atoms with Crippen LogP contribution in [0.4, 0.5) is 0 Å². The predicted molar refractivity (Wildman–Crippen MR) is 123 cm³/mol. The predicted octanol–water partition coefficient (Wildman–Crippen LogP) is 4.76. The lowest BCUT2D eigenvalue weighted by Crippen LogP contribution is -2.54. The Bertz CT molecular complexity index is 740. The van der Waals surface area contributed by atoms with Gasteiger partial charge >= 0.3 is 5.97 Å². The van der Waals surface area contributed by atoms with E-state index in [1.807, 2.05) is 48.5 Å². The highest BCUT2D eigenvalue weighted by atomic mass is 16.6. The van der Waals surface area contributed by atoms with Gasteiger partial charge in [-0.3, -0.25) is 24.0 Å². The van der Waals surface area contributed by atoms with Gasteiger partial charge in [0.15, 0.2) is 17.3 Å². The molecule has 1 rings (SSSR count). The van der Waals surface area contributed by atoms with Crippen molar-refractivity contribution in [1.82, 2.24) is 0 Å². The van der Waals surface area contributed by atoms with Crippen LogP contribution in [-0.4, -0.2) is 34.7 Å². The average molecular weight is 451 g/mol. The fourth-order valence-corrected chi connectivity index (χ4v) is 4.13. The van der Waals surface area contributed by atoms with Gasteiger partial charge in [-0.05, 0) is 30.1 Å². The summed E-state index contributed by atoms with van der Waals surface area (Å²) in [6.45, 7) is 16.7. The Labute approximate surface area is 193 Å². The van der Waals surface area contributed by atoms with Crippen molar-refractivity contribution in [1.29, 1.82) is 0 Å². The Kier molecular flexibility index (Phi) is 9.55. The lowest BCUT2D eigenvalue weighted by Gasteiger charge is -2.33. The molecule has 0 aromatic heterocycles. The number of ketones is 4. The van der Waals surface area contributed by atoms with Gasteiger partial charge in [0.05, 0.1) is 12.3 Å². The summed E-state index contributed by atoms with van der Waals surface area (Å²) >= 11 is 0. The van der Waals surface area contributed by atoms with E-state index < -0.39 is 57.9 Å². The Hall–Kier alpha value is -1.85. The average Bonchev–Trinajstić information content (AvgIpc) is 2.82. The molecule has 1 aliphatic rings. The maximum absolute atomic E-state index is 13.7. The van der Waals surface area contributed by atoms with Crippen molar-refractivity contribution >= 4 is 29.1 Å². The van der Waals surface area contributed by atoms with Crippen molar-refractivity contribution in [3.8, 4) is 0 Å². The SMILES string of the molecule is CC(C)CCC(=O)[C@@]1(OC(=O)CC(C)(C)C)C(=O)C(C(=O)C(C)C)C(=O)[C@@H]1CCC(C)C. The van der Waals surface area contributed by atoms with Crippen molar-refractivity contribution in [3.05, 3.63) is 0 Å². The molecule has 1 fully saturated rings. The van der Waals surface area contributed by atoms with Crippen LogP contribution in [0.5, 0.6) is 0 Å². The van der Waals surface area contributed by atoms with Gasteiger partial charge in [0.2, 0.25) is 11.4 Å². The van der Waals surface area contributed by atoms with Crippen LogP contribution in [-0.2, 0) is 28.7 Å². The fraction of sp³-hybridized carbons (Fsp3) is 0.808. The molecule has 0 bridgehead atoms. The molecule has 0 N–H and O–H groups in total. The highest BCUT2D eigenvalue weighted by Crippen LogP contribution is 2.44. The molecular formula is C26H42O6. The zero-order chi connectivity index (χ0) is 25.0. The maximum atomic E-state index is 13.7. The Morgan fingerprint density at radius 2 is 1.47 bits per heavy atom. The number of hydrogen-bond donors (Lipinski definition) is 0. The molecule has 0 aliphatic heterocycles. The van der Waals surface area contributed by atoms with Gasteiger partial charge in [-0.2, -0.15) is 0 Å². The Morgan fingerprint density at radius 3 is 1.91 bits per heavy atom. The van der Waals surface area contributed by atoms with Crippen LogP contribution in [0.15, 0.2) is 0 Å². The van der Waals surface area contributed by atoms with E-state index in [4.69, 9.17) is 4.74 Å². The molecule has 1 aliphatic carbocycles. The fourth-order valence-electron chi connectivity index (χ4n) is 4.13. The summed E-state index contributed by atoms with van der Waals surface area (Å²) in [7, 11) is 0. The van der Waals surface area contributed by atoms with Crippen LogP contribution >= 0.6 is 0 Å². The number of esters is 1. The second kappa shape index (κ2) is 10.8. The lowest BCUT2D eigenvalue weighted by molar-refractivity contribution is -0.178. The molecule has 1 saturated carbocycles. The standard InChI is InChI=1S/C26H42O6/c1-15(2)10-12-18-23(30)21(22(29)17(5)6)24(31)26(18,19(27)13-11-16(3)4)32-20(28)14-25(7,8)9/h15-18,21H,10-14H2,1-9H3/t18-,21?,26+/m0/s1. The molecule has 1 unspecified atom stereocenters. The molecule has 0 aromatic carbocycles. The first-order valence-corrected chi connectivity index (χ1v) is 11.9. The second-order valence-electron chi connectivity index (χ2n) is 11.6. The minimum absolute atomic E-state index is 0.00657. The number of rotatable bonds is 11. The third-order valence-corrected chi connectivity index (χ3v) is 5.95. The summed E-state index contributed by atoms with van der Waals surface area (Å²) in [5, 5.41) is 0. The van der Waals surface area contributed by atoms with Crippen molar-refractivity contribution in [2.75, 3.05) is 0 Å². The van der Waals surface area contributed by atoms with Crippen LogP contribution in [0.25, 0.3) is 0 Å². The first-order chi connectivity index (χ1) is 14.5. The first-order valence-electron chi connectivity index (χ1n) is 11.9. The van der Waals surface area contributed by atoms with Gasteiger partial charge in [-0.25, -0.2) is 0 Å². The van der Waals surface area contributed by atoms with Crippen LogP contribution in [0.3, 0.4) is 0 Å². The first kappa shape index (κ1) is 28.2. The smallest absolute Gasteiger partial charge is 0.307 e. The molecule has 0 amide bonds. The van der Waals surface area contributed by atoms with Gasteiger partial charge < -0.3 is 4.74 Å². The third-order valence-electron chi connectivity index (χ3n) is 5.95. The number of Topliss-reactive ketones (excluding diaryl/α,β-unsaturated/α-hetero) is 4. The normalized spacial score (nSPS) is 24.0. The molecule has 0 heterocycles. The number of carbonyl (C=O) groups is 5. The van der Waals surface area contributed by atoms with E-state index in [2.05, 4.69) is 0 Å². The second-order valence-corrected chi connectivity index (χ2v) is 11.6. The van der Waals surface area contributed by atoms with Gasteiger partial charge in [0.1, 0.15) is 5.92 Å². The maximum Gasteiger partial charge on any atom is 0.307 e. The van der Waals surface area contributed by atoms with Crippen LogP contribution in [0.2, 0.25) is 0 Å². The minimum atomic E-state index is -2.20. The lowest BCUT2D eigenvalue weighted by atomic mass is 9.79. The van der Waals surface area contributed by atoms with E-state index in [1.54, 1.807) is 13.8 Å². The van der Waals surface area contributed by atoms with E-state index in [9.17, 15) is 24.0 Å². The summed E-state index contributed by atoms with van der Waals surface area (Å²) in [4.78, 5) is 66.4. The minimum Gasteiger partial charge on any atom is -0.442 e. The molecule has 0 radical (unpaired) electrons. The zero-order valence-electron chi connectivity index (χ0n) is 21.4. The highest BCUT2D eigenvalue weighted by Gasteiger charge is 2.67. The van der Waals surface area contributed by atoms with Crippen molar-refractivity contribution in [2.24, 2.45) is 35.0 Å². The van der Waals surface area contributed by atoms with E-state index in [-0.39, 0.29) is 31.1 Å².